The van der Waals surface area contributed by atoms with E-state index in [2.05, 4.69) is 48.5 Å². The van der Waals surface area contributed by atoms with Gasteiger partial charge in [0.25, 0.3) is 0 Å². The Morgan fingerprint density at radius 1 is 1.33 bits per heavy atom. The predicted molar refractivity (Wildman–Crippen MR) is 76.8 cm³/mol. The fourth-order valence-corrected chi connectivity index (χ4v) is 2.32. The quantitative estimate of drug-likeness (QED) is 0.776. The topological polar surface area (TPSA) is 35.5 Å². The van der Waals surface area contributed by atoms with Gasteiger partial charge in [0.15, 0.2) is 0 Å². The van der Waals surface area contributed by atoms with Gasteiger partial charge in [-0.2, -0.15) is 0 Å². The van der Waals surface area contributed by atoms with Gasteiger partial charge in [-0.15, -0.1) is 0 Å². The monoisotopic (exact) mass is 250 g/mol. The van der Waals surface area contributed by atoms with E-state index in [1.807, 2.05) is 14.0 Å². The van der Waals surface area contributed by atoms with Gasteiger partial charge in [0.05, 0.1) is 6.10 Å². The maximum absolute atomic E-state index is 9.35. The molecule has 0 radical (unpaired) electrons. The summed E-state index contributed by atoms with van der Waals surface area (Å²) in [5, 5.41) is 12.7. The zero-order chi connectivity index (χ0) is 13.5. The van der Waals surface area contributed by atoms with Crippen LogP contribution in [-0.2, 0) is 0 Å². The summed E-state index contributed by atoms with van der Waals surface area (Å²) in [7, 11) is 4.06. The van der Waals surface area contributed by atoms with Crippen molar-refractivity contribution < 1.29 is 5.11 Å². The van der Waals surface area contributed by atoms with Crippen LogP contribution in [0.4, 0.5) is 0 Å². The minimum Gasteiger partial charge on any atom is -0.392 e. The Morgan fingerprint density at radius 3 is 2.56 bits per heavy atom. The van der Waals surface area contributed by atoms with Crippen LogP contribution in [0.15, 0.2) is 24.3 Å². The van der Waals surface area contributed by atoms with Crippen LogP contribution in [0.2, 0.25) is 0 Å². The van der Waals surface area contributed by atoms with Gasteiger partial charge in [0.2, 0.25) is 0 Å². The van der Waals surface area contributed by atoms with Gasteiger partial charge >= 0.3 is 0 Å². The lowest BCUT2D eigenvalue weighted by Gasteiger charge is -2.23. The smallest absolute Gasteiger partial charge is 0.0638 e. The number of hydrogen-bond donors (Lipinski definition) is 2. The molecule has 3 heteroatoms. The molecule has 2 unspecified atom stereocenters. The molecular weight excluding hydrogens is 224 g/mol. The maximum atomic E-state index is 9.35. The van der Waals surface area contributed by atoms with Crippen molar-refractivity contribution in [3.05, 3.63) is 35.4 Å². The lowest BCUT2D eigenvalue weighted by atomic mass is 9.99. The molecule has 0 saturated carbocycles. The minimum atomic E-state index is -0.263. The number of aliphatic hydroxyl groups is 1. The molecule has 18 heavy (non-hydrogen) atoms. The average Bonchev–Trinajstić information content (AvgIpc) is 2.31. The predicted octanol–water partition coefficient (Wildman–Crippen LogP) is 1.96. The summed E-state index contributed by atoms with van der Waals surface area (Å²) in [6, 6.07) is 8.88. The number of aryl methyl sites for hydroxylation is 1. The van der Waals surface area contributed by atoms with Crippen LogP contribution in [0, 0.1) is 6.92 Å². The molecule has 0 heterocycles. The second-order valence-corrected chi connectivity index (χ2v) is 5.10. The third-order valence-electron chi connectivity index (χ3n) is 3.29. The van der Waals surface area contributed by atoms with Crippen LogP contribution in [0.3, 0.4) is 0 Å². The summed E-state index contributed by atoms with van der Waals surface area (Å²) in [5.74, 6) is 0. The Balaban J connectivity index is 2.55. The SMILES string of the molecule is CNC(CCN(C)CC(C)O)c1ccccc1C. The molecule has 0 aliphatic rings. The van der Waals surface area contributed by atoms with E-state index in [9.17, 15) is 5.11 Å². The van der Waals surface area contributed by atoms with Crippen LogP contribution in [0.5, 0.6) is 0 Å². The van der Waals surface area contributed by atoms with E-state index in [1.54, 1.807) is 0 Å². The molecule has 102 valence electrons. The van der Waals surface area contributed by atoms with Crippen LogP contribution in [-0.4, -0.2) is 43.3 Å². The van der Waals surface area contributed by atoms with Crippen LogP contribution >= 0.6 is 0 Å². The molecule has 0 aliphatic carbocycles. The summed E-state index contributed by atoms with van der Waals surface area (Å²) in [6.07, 6.45) is 0.784. The lowest BCUT2D eigenvalue weighted by Crippen LogP contribution is -2.30. The molecule has 1 rings (SSSR count). The largest absolute Gasteiger partial charge is 0.392 e. The molecular formula is C15H26N2O. The van der Waals surface area contributed by atoms with Gasteiger partial charge < -0.3 is 15.3 Å². The summed E-state index contributed by atoms with van der Waals surface area (Å²) in [5.41, 5.74) is 2.69. The van der Waals surface area contributed by atoms with Gasteiger partial charge in [0.1, 0.15) is 0 Å². The minimum absolute atomic E-state index is 0.263. The first kappa shape index (κ1) is 15.2. The number of rotatable bonds is 7. The summed E-state index contributed by atoms with van der Waals surface area (Å²) in [6.45, 7) is 5.68. The van der Waals surface area contributed by atoms with Gasteiger partial charge in [-0.3, -0.25) is 0 Å². The number of aliphatic hydroxyl groups excluding tert-OH is 1. The fraction of sp³-hybridized carbons (Fsp3) is 0.600. The van der Waals surface area contributed by atoms with E-state index in [4.69, 9.17) is 0 Å². The molecule has 0 saturated heterocycles. The Labute approximate surface area is 111 Å². The number of hydrogen-bond acceptors (Lipinski definition) is 3. The van der Waals surface area contributed by atoms with Gasteiger partial charge in [-0.05, 0) is 52.0 Å². The summed E-state index contributed by atoms with van der Waals surface area (Å²) >= 11 is 0. The third kappa shape index (κ3) is 4.77. The first-order valence-electron chi connectivity index (χ1n) is 6.64. The second kappa shape index (κ2) is 7.52. The van der Waals surface area contributed by atoms with Crippen molar-refractivity contribution in [3.8, 4) is 0 Å². The molecule has 0 spiro atoms. The van der Waals surface area contributed by atoms with E-state index < -0.39 is 0 Å². The highest BCUT2D eigenvalue weighted by molar-refractivity contribution is 5.28. The van der Waals surface area contributed by atoms with E-state index in [1.165, 1.54) is 11.1 Å². The fourth-order valence-electron chi connectivity index (χ4n) is 2.32. The number of nitrogens with one attached hydrogen (secondary N) is 1. The summed E-state index contributed by atoms with van der Waals surface area (Å²) < 4.78 is 0. The standard InChI is InChI=1S/C15H26N2O/c1-12-7-5-6-8-14(12)15(16-3)9-10-17(4)11-13(2)18/h5-8,13,15-16,18H,9-11H2,1-4H3. The molecule has 1 aromatic carbocycles. The first-order valence-corrected chi connectivity index (χ1v) is 6.64. The Hall–Kier alpha value is -0.900. The van der Waals surface area contributed by atoms with Crippen molar-refractivity contribution in [3.63, 3.8) is 0 Å². The highest BCUT2D eigenvalue weighted by atomic mass is 16.3. The van der Waals surface area contributed by atoms with Crippen molar-refractivity contribution in [2.75, 3.05) is 27.2 Å². The average molecular weight is 250 g/mol. The molecule has 0 aromatic heterocycles. The molecule has 3 nitrogen and oxygen atoms in total. The number of nitrogens with zero attached hydrogens (tertiary/aromatic N) is 1. The molecule has 0 amide bonds. The normalized spacial score (nSPS) is 14.8. The lowest BCUT2D eigenvalue weighted by molar-refractivity contribution is 0.139. The Bertz CT molecular complexity index is 352. The van der Waals surface area contributed by atoms with Gasteiger partial charge in [0, 0.05) is 12.6 Å². The number of benzene rings is 1. The van der Waals surface area contributed by atoms with Gasteiger partial charge in [-0.25, -0.2) is 0 Å². The van der Waals surface area contributed by atoms with Crippen molar-refractivity contribution in [2.45, 2.75) is 32.4 Å². The van der Waals surface area contributed by atoms with Crippen LogP contribution in [0.1, 0.15) is 30.5 Å². The van der Waals surface area contributed by atoms with Crippen LogP contribution < -0.4 is 5.32 Å². The molecule has 0 fully saturated rings. The zero-order valence-electron chi connectivity index (χ0n) is 12.0. The van der Waals surface area contributed by atoms with E-state index >= 15 is 0 Å². The van der Waals surface area contributed by atoms with Gasteiger partial charge in [-0.1, -0.05) is 24.3 Å². The molecule has 0 bridgehead atoms. The third-order valence-corrected chi connectivity index (χ3v) is 3.29. The number of likely N-dealkylation sites (N-methyl/N-ethyl adjacent to an activating group) is 1. The van der Waals surface area contributed by atoms with Crippen molar-refractivity contribution in [1.82, 2.24) is 10.2 Å². The van der Waals surface area contributed by atoms with E-state index in [0.29, 0.717) is 6.04 Å². The molecule has 0 aliphatic heterocycles. The summed E-state index contributed by atoms with van der Waals surface area (Å²) in [4.78, 5) is 2.17. The molecule has 1 aromatic rings. The second-order valence-electron chi connectivity index (χ2n) is 5.10. The van der Waals surface area contributed by atoms with E-state index in [-0.39, 0.29) is 6.10 Å². The first-order chi connectivity index (χ1) is 8.54. The van der Waals surface area contributed by atoms with Crippen molar-refractivity contribution >= 4 is 0 Å². The molecule has 2 atom stereocenters. The highest BCUT2D eigenvalue weighted by Crippen LogP contribution is 2.20. The Kier molecular flexibility index (Phi) is 6.33. The van der Waals surface area contributed by atoms with Crippen LogP contribution in [0.25, 0.3) is 0 Å². The maximum Gasteiger partial charge on any atom is 0.0638 e. The van der Waals surface area contributed by atoms with Crippen molar-refractivity contribution in [2.24, 2.45) is 0 Å². The van der Waals surface area contributed by atoms with E-state index in [0.717, 1.165) is 19.5 Å². The Morgan fingerprint density at radius 2 is 2.00 bits per heavy atom. The van der Waals surface area contributed by atoms with Crippen molar-refractivity contribution in [1.29, 1.82) is 0 Å². The highest BCUT2D eigenvalue weighted by Gasteiger charge is 2.12. The zero-order valence-corrected chi connectivity index (χ0v) is 12.0. The molecule has 2 N–H and O–H groups in total.